The summed E-state index contributed by atoms with van der Waals surface area (Å²) in [7, 11) is 3.45. The molecule has 1 unspecified atom stereocenters. The molecular formula is C20H33IN4O2. The number of nitrogens with one attached hydrogen (secondary N) is 2. The first kappa shape index (κ1) is 23.5. The Balaban J connectivity index is 0.00000364. The van der Waals surface area contributed by atoms with Gasteiger partial charge >= 0.3 is 0 Å². The molecule has 0 spiro atoms. The third-order valence-corrected chi connectivity index (χ3v) is 4.98. The lowest BCUT2D eigenvalue weighted by molar-refractivity contribution is -0.129. The number of rotatable bonds is 6. The van der Waals surface area contributed by atoms with Gasteiger partial charge in [0.25, 0.3) is 0 Å². The Morgan fingerprint density at radius 3 is 2.56 bits per heavy atom. The minimum atomic E-state index is -0.0518. The lowest BCUT2D eigenvalue weighted by Crippen LogP contribution is -2.48. The van der Waals surface area contributed by atoms with Gasteiger partial charge in [0.2, 0.25) is 5.91 Å². The van der Waals surface area contributed by atoms with E-state index in [0.29, 0.717) is 6.42 Å². The van der Waals surface area contributed by atoms with Crippen LogP contribution in [0, 0.1) is 0 Å². The van der Waals surface area contributed by atoms with E-state index in [1.165, 1.54) is 5.56 Å². The van der Waals surface area contributed by atoms with Gasteiger partial charge < -0.3 is 20.3 Å². The zero-order chi connectivity index (χ0) is 19.2. The molecule has 0 aromatic heterocycles. The molecule has 152 valence electrons. The van der Waals surface area contributed by atoms with Crippen molar-refractivity contribution in [1.29, 1.82) is 0 Å². The Bertz CT molecular complexity index is 631. The summed E-state index contributed by atoms with van der Waals surface area (Å²) in [5, 5.41) is 6.87. The van der Waals surface area contributed by atoms with E-state index in [0.717, 1.165) is 37.8 Å². The number of carbonyl (C=O) groups is 1. The number of hydrogen-bond acceptors (Lipinski definition) is 3. The van der Waals surface area contributed by atoms with Crippen LogP contribution in [0.25, 0.3) is 0 Å². The van der Waals surface area contributed by atoms with Gasteiger partial charge in [-0.3, -0.25) is 9.79 Å². The van der Waals surface area contributed by atoms with Gasteiger partial charge in [0.15, 0.2) is 5.96 Å². The van der Waals surface area contributed by atoms with Gasteiger partial charge in [-0.15, -0.1) is 24.0 Å². The smallest absolute Gasteiger partial charge is 0.222 e. The minimum Gasteiger partial charge on any atom is -0.497 e. The number of amides is 1. The largest absolute Gasteiger partial charge is 0.497 e. The molecule has 2 N–H and O–H groups in total. The normalized spacial score (nSPS) is 17.3. The summed E-state index contributed by atoms with van der Waals surface area (Å²) in [5.41, 5.74) is 1.19. The zero-order valence-corrected chi connectivity index (χ0v) is 19.4. The average Bonchev–Trinajstić information content (AvgIpc) is 3.13. The molecule has 7 heteroatoms. The zero-order valence-electron chi connectivity index (χ0n) is 17.0. The Labute approximate surface area is 180 Å². The molecule has 0 saturated carbocycles. The number of ether oxygens (including phenoxy) is 1. The summed E-state index contributed by atoms with van der Waals surface area (Å²) in [5.74, 6) is 1.86. The standard InChI is InChI=1S/C20H32N4O2.HI/c1-6-18(25)24-12-11-16(13-24)23-19(21-4)22-14-20(2,3)15-7-9-17(26-5)10-8-15;/h7-10,16H,6,11-14H2,1-5H3,(H2,21,22,23);1H. The maximum absolute atomic E-state index is 11.8. The average molecular weight is 488 g/mol. The molecule has 27 heavy (non-hydrogen) atoms. The van der Waals surface area contributed by atoms with Crippen LogP contribution in [0.1, 0.15) is 39.2 Å². The fraction of sp³-hybridized carbons (Fsp3) is 0.600. The van der Waals surface area contributed by atoms with Crippen molar-refractivity contribution in [3.63, 3.8) is 0 Å². The molecule has 0 aliphatic carbocycles. The Hall–Kier alpha value is -1.51. The summed E-state index contributed by atoms with van der Waals surface area (Å²) < 4.78 is 5.23. The van der Waals surface area contributed by atoms with Gasteiger partial charge in [0, 0.05) is 44.6 Å². The summed E-state index contributed by atoms with van der Waals surface area (Å²) in [6.07, 6.45) is 1.52. The van der Waals surface area contributed by atoms with Gasteiger partial charge in [-0.1, -0.05) is 32.9 Å². The van der Waals surface area contributed by atoms with Crippen molar-refractivity contribution in [3.05, 3.63) is 29.8 Å². The van der Waals surface area contributed by atoms with Gasteiger partial charge in [-0.2, -0.15) is 0 Å². The highest BCUT2D eigenvalue weighted by atomic mass is 127. The highest BCUT2D eigenvalue weighted by Gasteiger charge is 2.26. The van der Waals surface area contributed by atoms with Crippen LogP contribution < -0.4 is 15.4 Å². The Morgan fingerprint density at radius 2 is 2.00 bits per heavy atom. The van der Waals surface area contributed by atoms with E-state index in [2.05, 4.69) is 41.6 Å². The number of methoxy groups -OCH3 is 1. The molecular weight excluding hydrogens is 455 g/mol. The van der Waals surface area contributed by atoms with Crippen LogP contribution in [-0.4, -0.2) is 56.6 Å². The second kappa shape index (κ2) is 10.7. The molecule has 1 amide bonds. The van der Waals surface area contributed by atoms with Crippen molar-refractivity contribution in [3.8, 4) is 5.75 Å². The maximum Gasteiger partial charge on any atom is 0.222 e. The Morgan fingerprint density at radius 1 is 1.33 bits per heavy atom. The quantitative estimate of drug-likeness (QED) is 0.367. The molecule has 2 rings (SSSR count). The van der Waals surface area contributed by atoms with E-state index < -0.39 is 0 Å². The number of likely N-dealkylation sites (tertiary alicyclic amines) is 1. The van der Waals surface area contributed by atoms with Crippen molar-refractivity contribution < 1.29 is 9.53 Å². The molecule has 1 aliphatic rings. The Kier molecular flexibility index (Phi) is 9.35. The molecule has 0 radical (unpaired) electrons. The lowest BCUT2D eigenvalue weighted by Gasteiger charge is -2.27. The first-order chi connectivity index (χ1) is 12.4. The molecule has 1 heterocycles. The second-order valence-corrected chi connectivity index (χ2v) is 7.36. The van der Waals surface area contributed by atoms with Crippen LogP contribution in [0.4, 0.5) is 0 Å². The molecule has 1 saturated heterocycles. The van der Waals surface area contributed by atoms with Crippen LogP contribution >= 0.6 is 24.0 Å². The topological polar surface area (TPSA) is 66.0 Å². The highest BCUT2D eigenvalue weighted by molar-refractivity contribution is 14.0. The van der Waals surface area contributed by atoms with Crippen LogP contribution in [0.15, 0.2) is 29.3 Å². The minimum absolute atomic E-state index is 0. The van der Waals surface area contributed by atoms with Crippen LogP contribution in [0.5, 0.6) is 5.75 Å². The number of benzene rings is 1. The monoisotopic (exact) mass is 488 g/mol. The first-order valence-corrected chi connectivity index (χ1v) is 9.29. The van der Waals surface area contributed by atoms with Gasteiger partial charge in [0.1, 0.15) is 5.75 Å². The van der Waals surface area contributed by atoms with E-state index in [1.807, 2.05) is 24.0 Å². The molecule has 6 nitrogen and oxygen atoms in total. The highest BCUT2D eigenvalue weighted by Crippen LogP contribution is 2.24. The summed E-state index contributed by atoms with van der Waals surface area (Å²) in [6.45, 7) is 8.63. The van der Waals surface area contributed by atoms with Crippen molar-refractivity contribution in [1.82, 2.24) is 15.5 Å². The maximum atomic E-state index is 11.8. The number of nitrogens with zero attached hydrogens (tertiary/aromatic N) is 2. The van der Waals surface area contributed by atoms with Crippen molar-refractivity contribution >= 4 is 35.8 Å². The number of guanidine groups is 1. The molecule has 0 bridgehead atoms. The third kappa shape index (κ3) is 6.55. The summed E-state index contributed by atoms with van der Waals surface area (Å²) in [4.78, 5) is 18.1. The summed E-state index contributed by atoms with van der Waals surface area (Å²) in [6, 6.07) is 8.43. The fourth-order valence-corrected chi connectivity index (χ4v) is 3.17. The van der Waals surface area contributed by atoms with Crippen molar-refractivity contribution in [2.75, 3.05) is 33.8 Å². The van der Waals surface area contributed by atoms with Crippen LogP contribution in [-0.2, 0) is 10.2 Å². The van der Waals surface area contributed by atoms with E-state index in [-0.39, 0.29) is 41.3 Å². The molecule has 1 aromatic carbocycles. The van der Waals surface area contributed by atoms with Crippen molar-refractivity contribution in [2.45, 2.75) is 45.1 Å². The summed E-state index contributed by atoms with van der Waals surface area (Å²) >= 11 is 0. The second-order valence-electron chi connectivity index (χ2n) is 7.36. The number of hydrogen-bond donors (Lipinski definition) is 2. The molecule has 1 fully saturated rings. The number of carbonyl (C=O) groups excluding carboxylic acids is 1. The predicted molar refractivity (Wildman–Crippen MR) is 121 cm³/mol. The molecule has 1 atom stereocenters. The van der Waals surface area contributed by atoms with E-state index >= 15 is 0 Å². The molecule has 1 aromatic rings. The van der Waals surface area contributed by atoms with Crippen LogP contribution in [0.2, 0.25) is 0 Å². The number of aliphatic imine (C=N–C) groups is 1. The van der Waals surface area contributed by atoms with E-state index in [9.17, 15) is 4.79 Å². The predicted octanol–water partition coefficient (Wildman–Crippen LogP) is 2.77. The third-order valence-electron chi connectivity index (χ3n) is 4.98. The van der Waals surface area contributed by atoms with Crippen LogP contribution in [0.3, 0.4) is 0 Å². The fourth-order valence-electron chi connectivity index (χ4n) is 3.17. The lowest BCUT2D eigenvalue weighted by atomic mass is 9.84. The van der Waals surface area contributed by atoms with Gasteiger partial charge in [0.05, 0.1) is 7.11 Å². The number of halogens is 1. The van der Waals surface area contributed by atoms with Gasteiger partial charge in [-0.05, 0) is 24.1 Å². The van der Waals surface area contributed by atoms with Gasteiger partial charge in [-0.25, -0.2) is 0 Å². The SMILES string of the molecule is CCC(=O)N1CCC(NC(=NC)NCC(C)(C)c2ccc(OC)cc2)C1.I. The van der Waals surface area contributed by atoms with E-state index in [1.54, 1.807) is 14.2 Å². The van der Waals surface area contributed by atoms with E-state index in [4.69, 9.17) is 4.74 Å². The first-order valence-electron chi connectivity index (χ1n) is 9.29. The van der Waals surface area contributed by atoms with Crippen molar-refractivity contribution in [2.24, 2.45) is 4.99 Å². The molecule has 1 aliphatic heterocycles.